The van der Waals surface area contributed by atoms with Crippen LogP contribution in [0.15, 0.2) is 42.9 Å². The standard InChI is InChI=1S/C29H33ClN6O2/c1-19-5-11-31-21(15-19)17-36-26(34-25-27(36)32-18-33-28(25)38-29(2)9-10-29)23-4-3-20(16-24(23)30)6-12-35-13-7-22(37)8-14-35/h3-5,11,15-16,18,22,37H,6-10,12-14,17H2,1-2H3. The number of likely N-dealkylation sites (tertiary alicyclic amines) is 1. The molecule has 4 heterocycles. The minimum Gasteiger partial charge on any atom is -0.470 e. The minimum absolute atomic E-state index is 0.156. The van der Waals surface area contributed by atoms with E-state index in [1.54, 1.807) is 6.33 Å². The predicted molar refractivity (Wildman–Crippen MR) is 147 cm³/mol. The molecular weight excluding hydrogens is 500 g/mol. The molecule has 1 aliphatic heterocycles. The Morgan fingerprint density at radius 1 is 1.11 bits per heavy atom. The van der Waals surface area contributed by atoms with E-state index in [1.807, 2.05) is 18.3 Å². The monoisotopic (exact) mass is 532 g/mol. The van der Waals surface area contributed by atoms with Crippen molar-refractivity contribution in [3.63, 3.8) is 0 Å². The highest BCUT2D eigenvalue weighted by molar-refractivity contribution is 6.33. The van der Waals surface area contributed by atoms with Gasteiger partial charge in [-0.25, -0.2) is 9.97 Å². The zero-order chi connectivity index (χ0) is 26.3. The number of hydrogen-bond donors (Lipinski definition) is 1. The van der Waals surface area contributed by atoms with E-state index >= 15 is 0 Å². The second-order valence-electron chi connectivity index (χ2n) is 10.9. The van der Waals surface area contributed by atoms with Gasteiger partial charge >= 0.3 is 0 Å². The first-order valence-electron chi connectivity index (χ1n) is 13.4. The number of aryl methyl sites for hydroxylation is 1. The molecule has 1 N–H and O–H groups in total. The summed E-state index contributed by atoms with van der Waals surface area (Å²) in [4.78, 5) is 21.0. The second kappa shape index (κ2) is 10.2. The van der Waals surface area contributed by atoms with E-state index in [9.17, 15) is 5.11 Å². The lowest BCUT2D eigenvalue weighted by atomic mass is 10.1. The Hall–Kier alpha value is -3.07. The summed E-state index contributed by atoms with van der Waals surface area (Å²) in [6.45, 7) is 7.49. The number of aliphatic hydroxyl groups is 1. The van der Waals surface area contributed by atoms with Crippen LogP contribution in [0, 0.1) is 6.92 Å². The molecule has 6 rings (SSSR count). The van der Waals surface area contributed by atoms with Crippen molar-refractivity contribution in [3.8, 4) is 17.3 Å². The van der Waals surface area contributed by atoms with E-state index in [0.717, 1.165) is 74.4 Å². The molecule has 4 aromatic rings. The van der Waals surface area contributed by atoms with Crippen molar-refractivity contribution >= 4 is 22.8 Å². The average molecular weight is 533 g/mol. The van der Waals surface area contributed by atoms with E-state index in [1.165, 1.54) is 5.56 Å². The summed E-state index contributed by atoms with van der Waals surface area (Å²) >= 11 is 6.91. The van der Waals surface area contributed by atoms with E-state index in [4.69, 9.17) is 21.3 Å². The fourth-order valence-electron chi connectivity index (χ4n) is 5.03. The van der Waals surface area contributed by atoms with Crippen molar-refractivity contribution in [3.05, 3.63) is 64.7 Å². The number of piperidine rings is 1. The molecule has 1 aliphatic carbocycles. The number of benzene rings is 1. The molecule has 198 valence electrons. The topological polar surface area (TPSA) is 89.2 Å². The van der Waals surface area contributed by atoms with E-state index < -0.39 is 0 Å². The third kappa shape index (κ3) is 5.39. The normalized spacial score (nSPS) is 17.7. The lowest BCUT2D eigenvalue weighted by Crippen LogP contribution is -2.37. The highest BCUT2D eigenvalue weighted by atomic mass is 35.5. The van der Waals surface area contributed by atoms with Crippen LogP contribution < -0.4 is 4.74 Å². The molecule has 0 amide bonds. The molecule has 1 saturated carbocycles. The van der Waals surface area contributed by atoms with Gasteiger partial charge in [0.05, 0.1) is 23.4 Å². The number of halogens is 1. The SMILES string of the molecule is Cc1ccnc(Cn2c(-c3ccc(CCN4CCC(O)CC4)cc3Cl)nc3c(OC4(C)CC4)ncnc32)c1. The van der Waals surface area contributed by atoms with Gasteiger partial charge in [0.1, 0.15) is 17.8 Å². The van der Waals surface area contributed by atoms with Crippen LogP contribution in [0.2, 0.25) is 5.02 Å². The van der Waals surface area contributed by atoms with Gasteiger partial charge in [-0.05, 0) is 81.3 Å². The number of fused-ring (bicyclic) bond motifs is 1. The van der Waals surface area contributed by atoms with Gasteiger partial charge in [0.2, 0.25) is 5.88 Å². The molecule has 0 unspecified atom stereocenters. The molecule has 1 saturated heterocycles. The number of hydrogen-bond acceptors (Lipinski definition) is 7. The van der Waals surface area contributed by atoms with Crippen LogP contribution in [0.3, 0.4) is 0 Å². The highest BCUT2D eigenvalue weighted by Crippen LogP contribution is 2.41. The number of ether oxygens (including phenoxy) is 1. The second-order valence-corrected chi connectivity index (χ2v) is 11.3. The smallest absolute Gasteiger partial charge is 0.245 e. The zero-order valence-corrected chi connectivity index (χ0v) is 22.7. The quantitative estimate of drug-likeness (QED) is 0.347. The van der Waals surface area contributed by atoms with Gasteiger partial charge in [0, 0.05) is 31.4 Å². The third-order valence-corrected chi connectivity index (χ3v) is 7.95. The average Bonchev–Trinajstić information content (AvgIpc) is 3.52. The molecule has 2 aliphatic rings. The summed E-state index contributed by atoms with van der Waals surface area (Å²) in [5.41, 5.74) is 5.23. The van der Waals surface area contributed by atoms with Crippen molar-refractivity contribution in [2.24, 2.45) is 0 Å². The Bertz CT molecular complexity index is 1460. The number of aliphatic hydroxyl groups excluding tert-OH is 1. The first kappa shape index (κ1) is 25.2. The number of imidazole rings is 1. The molecule has 38 heavy (non-hydrogen) atoms. The van der Waals surface area contributed by atoms with Gasteiger partial charge in [-0.2, -0.15) is 4.98 Å². The van der Waals surface area contributed by atoms with Crippen LogP contribution in [0.4, 0.5) is 0 Å². The van der Waals surface area contributed by atoms with Gasteiger partial charge in [-0.3, -0.25) is 4.98 Å². The van der Waals surface area contributed by atoms with Crippen molar-refractivity contribution in [1.82, 2.24) is 29.4 Å². The maximum Gasteiger partial charge on any atom is 0.245 e. The van der Waals surface area contributed by atoms with Gasteiger partial charge in [-0.15, -0.1) is 0 Å². The molecule has 0 spiro atoms. The van der Waals surface area contributed by atoms with Crippen LogP contribution in [0.5, 0.6) is 5.88 Å². The summed E-state index contributed by atoms with van der Waals surface area (Å²) in [6, 6.07) is 10.3. The summed E-state index contributed by atoms with van der Waals surface area (Å²) < 4.78 is 8.31. The van der Waals surface area contributed by atoms with Gasteiger partial charge in [0.25, 0.3) is 0 Å². The molecule has 0 radical (unpaired) electrons. The van der Waals surface area contributed by atoms with Crippen molar-refractivity contribution in [2.45, 2.75) is 64.2 Å². The molecule has 9 heteroatoms. The highest BCUT2D eigenvalue weighted by Gasteiger charge is 2.41. The Morgan fingerprint density at radius 2 is 1.92 bits per heavy atom. The maximum absolute atomic E-state index is 9.77. The van der Waals surface area contributed by atoms with E-state index in [-0.39, 0.29) is 11.7 Å². The van der Waals surface area contributed by atoms with Crippen LogP contribution in [0.25, 0.3) is 22.6 Å². The lowest BCUT2D eigenvalue weighted by molar-refractivity contribution is 0.0832. The summed E-state index contributed by atoms with van der Waals surface area (Å²) in [7, 11) is 0. The van der Waals surface area contributed by atoms with Gasteiger partial charge < -0.3 is 19.3 Å². The number of nitrogens with zero attached hydrogens (tertiary/aromatic N) is 6. The largest absolute Gasteiger partial charge is 0.470 e. The molecule has 2 fully saturated rings. The zero-order valence-electron chi connectivity index (χ0n) is 21.9. The fourth-order valence-corrected chi connectivity index (χ4v) is 5.32. The first-order chi connectivity index (χ1) is 18.4. The molecule has 8 nitrogen and oxygen atoms in total. The third-order valence-electron chi connectivity index (χ3n) is 7.64. The van der Waals surface area contributed by atoms with E-state index in [0.29, 0.717) is 28.6 Å². The van der Waals surface area contributed by atoms with Crippen molar-refractivity contribution < 1.29 is 9.84 Å². The predicted octanol–water partition coefficient (Wildman–Crippen LogP) is 4.83. The van der Waals surface area contributed by atoms with Gasteiger partial charge in [0.15, 0.2) is 11.2 Å². The Morgan fingerprint density at radius 3 is 2.66 bits per heavy atom. The minimum atomic E-state index is -0.185. The molecule has 3 aromatic heterocycles. The number of pyridine rings is 1. The molecule has 0 atom stereocenters. The lowest BCUT2D eigenvalue weighted by Gasteiger charge is -2.29. The number of aromatic nitrogens is 5. The molecule has 0 bridgehead atoms. The van der Waals surface area contributed by atoms with Crippen LogP contribution in [-0.2, 0) is 13.0 Å². The summed E-state index contributed by atoms with van der Waals surface area (Å²) in [5, 5.41) is 10.4. The first-order valence-corrected chi connectivity index (χ1v) is 13.8. The Kier molecular flexibility index (Phi) is 6.80. The van der Waals surface area contributed by atoms with E-state index in [2.05, 4.69) is 56.5 Å². The van der Waals surface area contributed by atoms with Crippen molar-refractivity contribution in [2.75, 3.05) is 19.6 Å². The Balaban J connectivity index is 1.34. The number of rotatable bonds is 8. The van der Waals surface area contributed by atoms with Crippen molar-refractivity contribution in [1.29, 1.82) is 0 Å². The van der Waals surface area contributed by atoms with Gasteiger partial charge in [-0.1, -0.05) is 17.7 Å². The van der Waals surface area contributed by atoms with Crippen LogP contribution in [0.1, 0.15) is 49.4 Å². The fraction of sp³-hybridized carbons (Fsp3) is 0.448. The van der Waals surface area contributed by atoms with Crippen LogP contribution >= 0.6 is 11.6 Å². The summed E-state index contributed by atoms with van der Waals surface area (Å²) in [5.74, 6) is 1.22. The molecular formula is C29H33ClN6O2. The Labute approximate surface area is 227 Å². The summed E-state index contributed by atoms with van der Waals surface area (Å²) in [6.07, 6.45) is 7.82. The maximum atomic E-state index is 9.77. The molecule has 1 aromatic carbocycles. The van der Waals surface area contributed by atoms with Crippen LogP contribution in [-0.4, -0.2) is 65.8 Å².